The van der Waals surface area contributed by atoms with Crippen LogP contribution in [0.3, 0.4) is 0 Å². The fourth-order valence-electron chi connectivity index (χ4n) is 3.27. The zero-order chi connectivity index (χ0) is 20.1. The van der Waals surface area contributed by atoms with Crippen LogP contribution in [0.1, 0.15) is 11.4 Å². The summed E-state index contributed by atoms with van der Waals surface area (Å²) in [7, 11) is 0. The van der Waals surface area contributed by atoms with Crippen molar-refractivity contribution in [3.05, 3.63) is 66.0 Å². The van der Waals surface area contributed by atoms with Gasteiger partial charge in [0.25, 0.3) is 0 Å². The number of hydrogen-bond donors (Lipinski definition) is 1. The van der Waals surface area contributed by atoms with Gasteiger partial charge in [-0.15, -0.1) is 5.10 Å². The van der Waals surface area contributed by atoms with E-state index in [1.54, 1.807) is 33.8 Å². The van der Waals surface area contributed by atoms with Gasteiger partial charge in [-0.1, -0.05) is 30.3 Å². The molecule has 2 aromatic carbocycles. The van der Waals surface area contributed by atoms with Crippen LogP contribution in [0.2, 0.25) is 0 Å². The monoisotopic (exact) mass is 388 g/mol. The van der Waals surface area contributed by atoms with E-state index in [-0.39, 0.29) is 6.03 Å². The molecule has 1 fully saturated rings. The molecule has 2 heterocycles. The van der Waals surface area contributed by atoms with Gasteiger partial charge in [0.2, 0.25) is 0 Å². The standard InChI is InChI=1S/C20H20N8O/c21-14-16-6-4-5-9-18(16)22-20(29)27-12-10-26(11-13-27)15-19-23-24-25-28(19)17-7-2-1-3-8-17/h1-9H,10-13,15H2,(H,22,29). The van der Waals surface area contributed by atoms with Crippen molar-refractivity contribution >= 4 is 11.7 Å². The lowest BCUT2D eigenvalue weighted by molar-refractivity contribution is 0.140. The van der Waals surface area contributed by atoms with Crippen molar-refractivity contribution in [2.45, 2.75) is 6.54 Å². The van der Waals surface area contributed by atoms with Crippen LogP contribution in [-0.2, 0) is 6.54 Å². The van der Waals surface area contributed by atoms with Crippen molar-refractivity contribution in [2.75, 3.05) is 31.5 Å². The Balaban J connectivity index is 1.34. The Hall–Kier alpha value is -3.77. The van der Waals surface area contributed by atoms with Crippen LogP contribution in [0, 0.1) is 11.3 Å². The Bertz CT molecular complexity index is 1020. The lowest BCUT2D eigenvalue weighted by Gasteiger charge is -2.34. The van der Waals surface area contributed by atoms with Crippen molar-refractivity contribution in [3.8, 4) is 11.8 Å². The molecule has 3 aromatic rings. The summed E-state index contributed by atoms with van der Waals surface area (Å²) < 4.78 is 1.73. The second kappa shape index (κ2) is 8.50. The van der Waals surface area contributed by atoms with E-state index >= 15 is 0 Å². The number of nitrogens with zero attached hydrogens (tertiary/aromatic N) is 7. The van der Waals surface area contributed by atoms with Crippen LogP contribution in [0.25, 0.3) is 5.69 Å². The molecule has 0 spiro atoms. The van der Waals surface area contributed by atoms with Crippen LogP contribution in [-0.4, -0.2) is 62.2 Å². The van der Waals surface area contributed by atoms with E-state index in [4.69, 9.17) is 5.26 Å². The highest BCUT2D eigenvalue weighted by Crippen LogP contribution is 2.16. The van der Waals surface area contributed by atoms with Gasteiger partial charge in [-0.2, -0.15) is 9.94 Å². The first-order chi connectivity index (χ1) is 14.2. The number of anilines is 1. The average Bonchev–Trinajstić information content (AvgIpc) is 3.23. The molecule has 29 heavy (non-hydrogen) atoms. The zero-order valence-corrected chi connectivity index (χ0v) is 15.8. The van der Waals surface area contributed by atoms with E-state index in [9.17, 15) is 4.79 Å². The molecular weight excluding hydrogens is 368 g/mol. The third-order valence-electron chi connectivity index (χ3n) is 4.85. The van der Waals surface area contributed by atoms with Crippen LogP contribution in [0.4, 0.5) is 10.5 Å². The van der Waals surface area contributed by atoms with Crippen LogP contribution >= 0.6 is 0 Å². The Morgan fingerprint density at radius 2 is 1.76 bits per heavy atom. The Labute approximate surface area is 168 Å². The van der Waals surface area contributed by atoms with Crippen molar-refractivity contribution in [3.63, 3.8) is 0 Å². The molecule has 1 aromatic heterocycles. The first kappa shape index (κ1) is 18.6. The topological polar surface area (TPSA) is 103 Å². The molecule has 0 aliphatic carbocycles. The number of aromatic nitrogens is 4. The number of tetrazole rings is 1. The Kier molecular flexibility index (Phi) is 5.45. The third kappa shape index (κ3) is 4.23. The fourth-order valence-corrected chi connectivity index (χ4v) is 3.27. The summed E-state index contributed by atoms with van der Waals surface area (Å²) in [6, 6.07) is 18.7. The second-order valence-corrected chi connectivity index (χ2v) is 6.69. The average molecular weight is 388 g/mol. The number of benzene rings is 2. The van der Waals surface area contributed by atoms with Gasteiger partial charge in [-0.05, 0) is 34.7 Å². The molecule has 9 heteroatoms. The lowest BCUT2D eigenvalue weighted by Crippen LogP contribution is -2.49. The smallest absolute Gasteiger partial charge is 0.321 e. The van der Waals surface area contributed by atoms with Crippen LogP contribution in [0.5, 0.6) is 0 Å². The van der Waals surface area contributed by atoms with Gasteiger partial charge in [0, 0.05) is 26.2 Å². The number of nitriles is 1. The number of rotatable bonds is 4. The Morgan fingerprint density at radius 1 is 1.03 bits per heavy atom. The van der Waals surface area contributed by atoms with Gasteiger partial charge in [-0.25, -0.2) is 4.79 Å². The van der Waals surface area contributed by atoms with E-state index in [0.29, 0.717) is 30.9 Å². The SMILES string of the molecule is N#Cc1ccccc1NC(=O)N1CCN(Cc2nnnn2-c2ccccc2)CC1. The number of urea groups is 1. The number of para-hydroxylation sites is 2. The summed E-state index contributed by atoms with van der Waals surface area (Å²) in [4.78, 5) is 16.5. The quantitative estimate of drug-likeness (QED) is 0.732. The van der Waals surface area contributed by atoms with Gasteiger partial charge in [-0.3, -0.25) is 4.90 Å². The van der Waals surface area contributed by atoms with Crippen LogP contribution < -0.4 is 5.32 Å². The number of nitrogens with one attached hydrogen (secondary N) is 1. The van der Waals surface area contributed by atoms with Gasteiger partial charge >= 0.3 is 6.03 Å². The van der Waals surface area contributed by atoms with Gasteiger partial charge in [0.1, 0.15) is 6.07 Å². The minimum absolute atomic E-state index is 0.193. The minimum atomic E-state index is -0.193. The van der Waals surface area contributed by atoms with Crippen molar-refractivity contribution < 1.29 is 4.79 Å². The second-order valence-electron chi connectivity index (χ2n) is 6.69. The summed E-state index contributed by atoms with van der Waals surface area (Å²) in [6.45, 7) is 3.22. The summed E-state index contributed by atoms with van der Waals surface area (Å²) in [5, 5.41) is 24.0. The number of amides is 2. The summed E-state index contributed by atoms with van der Waals surface area (Å²) in [6.07, 6.45) is 0. The van der Waals surface area contributed by atoms with E-state index in [1.807, 2.05) is 30.3 Å². The molecule has 0 saturated carbocycles. The number of piperazine rings is 1. The highest BCUT2D eigenvalue weighted by molar-refractivity contribution is 5.90. The molecular formula is C20H20N8O. The van der Waals surface area contributed by atoms with Crippen molar-refractivity contribution in [2.24, 2.45) is 0 Å². The summed E-state index contributed by atoms with van der Waals surface area (Å²) in [5.74, 6) is 0.761. The van der Waals surface area contributed by atoms with Gasteiger partial charge in [0.05, 0.1) is 23.5 Å². The molecule has 1 N–H and O–H groups in total. The number of carbonyl (C=O) groups excluding carboxylic acids is 1. The number of hydrogen-bond acceptors (Lipinski definition) is 6. The predicted molar refractivity (Wildman–Crippen MR) is 106 cm³/mol. The van der Waals surface area contributed by atoms with E-state index in [2.05, 4.69) is 31.8 Å². The predicted octanol–water partition coefficient (Wildman–Crippen LogP) is 1.88. The zero-order valence-electron chi connectivity index (χ0n) is 15.8. The molecule has 0 radical (unpaired) electrons. The molecule has 146 valence electrons. The molecule has 0 unspecified atom stereocenters. The van der Waals surface area contributed by atoms with E-state index < -0.39 is 0 Å². The van der Waals surface area contributed by atoms with Crippen molar-refractivity contribution in [1.82, 2.24) is 30.0 Å². The fraction of sp³-hybridized carbons (Fsp3) is 0.250. The Morgan fingerprint density at radius 3 is 2.52 bits per heavy atom. The maximum atomic E-state index is 12.5. The highest BCUT2D eigenvalue weighted by atomic mass is 16.2. The summed E-state index contributed by atoms with van der Waals surface area (Å²) in [5.41, 5.74) is 1.90. The van der Waals surface area contributed by atoms with E-state index in [1.165, 1.54) is 0 Å². The van der Waals surface area contributed by atoms with Gasteiger partial charge in [0.15, 0.2) is 5.82 Å². The maximum absolute atomic E-state index is 12.5. The third-order valence-corrected chi connectivity index (χ3v) is 4.85. The summed E-state index contributed by atoms with van der Waals surface area (Å²) >= 11 is 0. The van der Waals surface area contributed by atoms with Crippen LogP contribution in [0.15, 0.2) is 54.6 Å². The van der Waals surface area contributed by atoms with Gasteiger partial charge < -0.3 is 10.2 Å². The highest BCUT2D eigenvalue weighted by Gasteiger charge is 2.23. The first-order valence-electron chi connectivity index (χ1n) is 9.34. The molecule has 1 aliphatic rings. The lowest BCUT2D eigenvalue weighted by atomic mass is 10.2. The van der Waals surface area contributed by atoms with E-state index in [0.717, 1.165) is 24.6 Å². The van der Waals surface area contributed by atoms with Crippen molar-refractivity contribution in [1.29, 1.82) is 5.26 Å². The maximum Gasteiger partial charge on any atom is 0.321 e. The minimum Gasteiger partial charge on any atom is -0.322 e. The molecule has 0 atom stereocenters. The molecule has 1 saturated heterocycles. The largest absolute Gasteiger partial charge is 0.322 e. The molecule has 0 bridgehead atoms. The first-order valence-corrected chi connectivity index (χ1v) is 9.34. The molecule has 4 rings (SSSR count). The molecule has 2 amide bonds. The number of carbonyl (C=O) groups is 1. The molecule has 9 nitrogen and oxygen atoms in total. The normalized spacial score (nSPS) is 14.4. The molecule has 1 aliphatic heterocycles.